The van der Waals surface area contributed by atoms with Crippen LogP contribution < -0.4 is 5.32 Å². The van der Waals surface area contributed by atoms with Crippen molar-refractivity contribution < 1.29 is 14.6 Å². The molecule has 2 aliphatic rings. The molecule has 1 aliphatic heterocycles. The molecule has 2 aromatic carbocycles. The molecule has 0 unspecified atom stereocenters. The van der Waals surface area contributed by atoms with E-state index >= 15 is 0 Å². The predicted molar refractivity (Wildman–Crippen MR) is 123 cm³/mol. The maximum atomic E-state index is 12.9. The lowest BCUT2D eigenvalue weighted by atomic mass is 9.85. The normalized spacial score (nSPS) is 17.1. The van der Waals surface area contributed by atoms with Gasteiger partial charge in [-0.05, 0) is 24.0 Å². The van der Waals surface area contributed by atoms with Gasteiger partial charge in [0.15, 0.2) is 5.78 Å². The number of nitro groups is 2. The third-order valence-corrected chi connectivity index (χ3v) is 6.67. The number of nitrogens with zero attached hydrogens (tertiary/aromatic N) is 5. The van der Waals surface area contributed by atoms with Crippen LogP contribution in [0.5, 0.6) is 0 Å². The average molecular weight is 478 g/mol. The van der Waals surface area contributed by atoms with Crippen molar-refractivity contribution in [2.24, 2.45) is 0 Å². The van der Waals surface area contributed by atoms with Crippen LogP contribution in [0.1, 0.15) is 36.4 Å². The minimum atomic E-state index is -0.611. The van der Waals surface area contributed by atoms with E-state index in [4.69, 9.17) is 0 Å². The number of allylic oxidation sites excluding steroid dienone is 2. The topological polar surface area (TPSA) is 146 Å². The first-order valence-electron chi connectivity index (χ1n) is 10.5. The lowest BCUT2D eigenvalue weighted by Crippen LogP contribution is -2.31. The molecule has 0 spiro atoms. The highest BCUT2D eigenvalue weighted by Gasteiger charge is 2.37. The molecule has 0 fully saturated rings. The van der Waals surface area contributed by atoms with Crippen molar-refractivity contribution in [1.82, 2.24) is 14.8 Å². The Hall–Kier alpha value is -4.06. The van der Waals surface area contributed by atoms with Gasteiger partial charge in [0, 0.05) is 47.7 Å². The van der Waals surface area contributed by atoms with E-state index in [9.17, 15) is 25.0 Å². The molecule has 3 aromatic rings. The molecule has 0 saturated heterocycles. The number of rotatable bonds is 6. The molecule has 34 heavy (non-hydrogen) atoms. The van der Waals surface area contributed by atoms with Crippen molar-refractivity contribution in [1.29, 1.82) is 0 Å². The van der Waals surface area contributed by atoms with Crippen molar-refractivity contribution in [2.75, 3.05) is 5.32 Å². The van der Waals surface area contributed by atoms with Gasteiger partial charge in [-0.15, -0.1) is 5.10 Å². The Labute approximate surface area is 197 Å². The Kier molecular flexibility index (Phi) is 5.57. The molecule has 0 bridgehead atoms. The third kappa shape index (κ3) is 4.03. The number of benzene rings is 2. The number of nitrogens with one attached hydrogen (secondary N) is 1. The summed E-state index contributed by atoms with van der Waals surface area (Å²) in [7, 11) is 0. The Balaban J connectivity index is 1.48. The maximum Gasteiger partial charge on any atom is 0.269 e. The summed E-state index contributed by atoms with van der Waals surface area (Å²) in [5.41, 5.74) is 2.77. The summed E-state index contributed by atoms with van der Waals surface area (Å²) < 4.78 is 1.61. The first-order valence-corrected chi connectivity index (χ1v) is 11.5. The van der Waals surface area contributed by atoms with E-state index in [1.165, 1.54) is 36.0 Å². The smallest absolute Gasteiger partial charge is 0.269 e. The summed E-state index contributed by atoms with van der Waals surface area (Å²) >= 11 is 1.36. The standard InChI is InChI=1S/C22H18N6O5S/c29-18-6-2-5-17-19(18)20(14-3-1-4-16(11-14)28(32)33)26-21(23-17)24-22(25-26)34-12-13-7-9-15(10-8-13)27(30)31/h1,3-4,7-11,20H,2,5-6,12H2,(H,23,24,25)/t20-/m1/s1. The number of non-ortho nitro benzene ring substituents is 2. The lowest BCUT2D eigenvalue weighted by Gasteiger charge is -2.32. The highest BCUT2D eigenvalue weighted by atomic mass is 32.2. The first kappa shape index (κ1) is 21.8. The zero-order valence-electron chi connectivity index (χ0n) is 17.7. The van der Waals surface area contributed by atoms with Gasteiger partial charge < -0.3 is 5.32 Å². The summed E-state index contributed by atoms with van der Waals surface area (Å²) in [6.07, 6.45) is 1.82. The van der Waals surface area contributed by atoms with Crippen molar-refractivity contribution in [3.05, 3.63) is 91.2 Å². The van der Waals surface area contributed by atoms with Crippen LogP contribution in [-0.2, 0) is 10.5 Å². The van der Waals surface area contributed by atoms with Crippen molar-refractivity contribution in [3.8, 4) is 0 Å². The van der Waals surface area contributed by atoms with Crippen LogP contribution in [-0.4, -0.2) is 30.4 Å². The summed E-state index contributed by atoms with van der Waals surface area (Å²) in [5.74, 6) is 0.956. The van der Waals surface area contributed by atoms with E-state index in [-0.39, 0.29) is 17.2 Å². The van der Waals surface area contributed by atoms with Crippen LogP contribution in [0.25, 0.3) is 0 Å². The fourth-order valence-electron chi connectivity index (χ4n) is 4.18. The van der Waals surface area contributed by atoms with Crippen molar-refractivity contribution in [3.63, 3.8) is 0 Å². The van der Waals surface area contributed by atoms with Gasteiger partial charge in [-0.25, -0.2) is 4.68 Å². The number of nitro benzene ring substituents is 2. The number of hydrogen-bond donors (Lipinski definition) is 1. The molecule has 5 rings (SSSR count). The molecule has 11 nitrogen and oxygen atoms in total. The van der Waals surface area contributed by atoms with Crippen LogP contribution in [0.3, 0.4) is 0 Å². The molecule has 2 heterocycles. The summed E-state index contributed by atoms with van der Waals surface area (Å²) in [5, 5.41) is 30.5. The van der Waals surface area contributed by atoms with Crippen LogP contribution in [0.15, 0.2) is 65.0 Å². The van der Waals surface area contributed by atoms with Gasteiger partial charge in [0.05, 0.1) is 9.85 Å². The Morgan fingerprint density at radius 3 is 2.56 bits per heavy atom. The van der Waals surface area contributed by atoms with Crippen molar-refractivity contribution in [2.45, 2.75) is 36.2 Å². The van der Waals surface area contributed by atoms with Gasteiger partial charge in [-0.2, -0.15) is 4.98 Å². The number of hydrogen-bond acceptors (Lipinski definition) is 9. The van der Waals surface area contributed by atoms with E-state index in [2.05, 4.69) is 15.4 Å². The van der Waals surface area contributed by atoms with Crippen LogP contribution in [0.2, 0.25) is 0 Å². The number of Topliss-reactive ketones (excluding diaryl/α,β-unsaturated/α-hetero) is 1. The van der Waals surface area contributed by atoms with Crippen LogP contribution in [0.4, 0.5) is 17.3 Å². The number of aromatic nitrogens is 3. The molecule has 1 atom stereocenters. The minimum Gasteiger partial charge on any atom is -0.328 e. The molecule has 1 N–H and O–H groups in total. The first-order chi connectivity index (χ1) is 16.4. The van der Waals surface area contributed by atoms with Gasteiger partial charge in [-0.3, -0.25) is 25.0 Å². The predicted octanol–water partition coefficient (Wildman–Crippen LogP) is 4.41. The number of fused-ring (bicyclic) bond motifs is 1. The molecule has 12 heteroatoms. The molecular formula is C22H18N6O5S. The molecular weight excluding hydrogens is 460 g/mol. The second kappa shape index (κ2) is 8.71. The second-order valence-electron chi connectivity index (χ2n) is 7.92. The number of carbonyl (C=O) groups excluding carboxylic acids is 1. The molecule has 1 aliphatic carbocycles. The van der Waals surface area contributed by atoms with Crippen molar-refractivity contribution >= 4 is 34.9 Å². The number of thioether (sulfide) groups is 1. The number of carbonyl (C=O) groups is 1. The van der Waals surface area contributed by atoms with Gasteiger partial charge in [-0.1, -0.05) is 36.0 Å². The highest BCUT2D eigenvalue weighted by molar-refractivity contribution is 7.98. The fourth-order valence-corrected chi connectivity index (χ4v) is 4.96. The second-order valence-corrected chi connectivity index (χ2v) is 8.87. The van der Waals surface area contributed by atoms with E-state index in [1.807, 2.05) is 0 Å². The average Bonchev–Trinajstić information content (AvgIpc) is 3.24. The van der Waals surface area contributed by atoms with E-state index in [0.29, 0.717) is 40.8 Å². The molecule has 0 amide bonds. The zero-order valence-corrected chi connectivity index (χ0v) is 18.5. The summed E-state index contributed by atoms with van der Waals surface area (Å²) in [6.45, 7) is 0. The highest BCUT2D eigenvalue weighted by Crippen LogP contribution is 2.41. The molecule has 172 valence electrons. The quantitative estimate of drug-likeness (QED) is 0.309. The Morgan fingerprint density at radius 1 is 1.06 bits per heavy atom. The summed E-state index contributed by atoms with van der Waals surface area (Å²) in [6, 6.07) is 11.9. The van der Waals surface area contributed by atoms with Crippen LogP contribution in [0, 0.1) is 20.2 Å². The van der Waals surface area contributed by atoms with E-state index in [0.717, 1.165) is 17.7 Å². The van der Waals surface area contributed by atoms with Gasteiger partial charge in [0.25, 0.3) is 11.4 Å². The number of ketones is 1. The number of anilines is 1. The SMILES string of the molecule is O=C1CCCC2=C1[C@@H](c1cccc([N+](=O)[O-])c1)n1nc(SCc3ccc([N+](=O)[O-])cc3)nc1N2. The molecule has 1 aromatic heterocycles. The molecule has 0 saturated carbocycles. The Bertz CT molecular complexity index is 1350. The largest absolute Gasteiger partial charge is 0.328 e. The molecule has 0 radical (unpaired) electrons. The fraction of sp³-hybridized carbons (Fsp3) is 0.227. The van der Waals surface area contributed by atoms with E-state index < -0.39 is 15.9 Å². The maximum absolute atomic E-state index is 12.9. The van der Waals surface area contributed by atoms with Crippen LogP contribution >= 0.6 is 11.8 Å². The van der Waals surface area contributed by atoms with E-state index in [1.54, 1.807) is 28.9 Å². The summed E-state index contributed by atoms with van der Waals surface area (Å²) in [4.78, 5) is 38.8. The van der Waals surface area contributed by atoms with Gasteiger partial charge in [0.2, 0.25) is 11.1 Å². The monoisotopic (exact) mass is 478 g/mol. The zero-order chi connectivity index (χ0) is 23.8. The third-order valence-electron chi connectivity index (χ3n) is 5.76. The van der Waals surface area contributed by atoms with Gasteiger partial charge in [0.1, 0.15) is 6.04 Å². The Morgan fingerprint density at radius 2 is 1.82 bits per heavy atom. The lowest BCUT2D eigenvalue weighted by molar-refractivity contribution is -0.385. The van der Waals surface area contributed by atoms with Gasteiger partial charge >= 0.3 is 0 Å². The minimum absolute atomic E-state index is 0.00788.